The molecule has 0 aliphatic rings. The molecule has 0 saturated heterocycles. The van der Waals surface area contributed by atoms with Crippen LogP contribution in [0.25, 0.3) is 0 Å². The standard InChI is InChI=1S/C18H18N2O5/c1-11-7-15(20-24-11)9-23-18(21)14-5-4-6-16(8-14)22-10-17-12(2)19-25-13(17)3/h4-8H,9-10H2,1-3H3. The first-order valence-corrected chi connectivity index (χ1v) is 7.77. The quantitative estimate of drug-likeness (QED) is 0.633. The second-order valence-corrected chi connectivity index (χ2v) is 5.62. The number of nitrogens with zero attached hydrogens (tertiary/aromatic N) is 2. The monoisotopic (exact) mass is 342 g/mol. The Morgan fingerprint density at radius 3 is 2.60 bits per heavy atom. The molecule has 0 bridgehead atoms. The highest BCUT2D eigenvalue weighted by Gasteiger charge is 2.12. The van der Waals surface area contributed by atoms with E-state index in [1.165, 1.54) is 0 Å². The lowest BCUT2D eigenvalue weighted by Crippen LogP contribution is -2.06. The van der Waals surface area contributed by atoms with Crippen LogP contribution in [0, 0.1) is 20.8 Å². The lowest BCUT2D eigenvalue weighted by Gasteiger charge is -2.08. The van der Waals surface area contributed by atoms with Crippen molar-refractivity contribution in [3.05, 3.63) is 64.4 Å². The van der Waals surface area contributed by atoms with Crippen molar-refractivity contribution in [3.63, 3.8) is 0 Å². The normalized spacial score (nSPS) is 10.7. The van der Waals surface area contributed by atoms with Gasteiger partial charge in [-0.2, -0.15) is 0 Å². The predicted octanol–water partition coefficient (Wildman–Crippen LogP) is 3.52. The van der Waals surface area contributed by atoms with Gasteiger partial charge in [0.1, 0.15) is 36.2 Å². The van der Waals surface area contributed by atoms with Crippen molar-refractivity contribution in [3.8, 4) is 5.75 Å². The predicted molar refractivity (Wildman–Crippen MR) is 87.1 cm³/mol. The summed E-state index contributed by atoms with van der Waals surface area (Å²) in [6.45, 7) is 5.84. The number of ether oxygens (including phenoxy) is 2. The largest absolute Gasteiger partial charge is 0.489 e. The van der Waals surface area contributed by atoms with Crippen molar-refractivity contribution < 1.29 is 23.3 Å². The fourth-order valence-electron chi connectivity index (χ4n) is 2.29. The molecule has 2 aromatic heterocycles. The molecule has 0 fully saturated rings. The lowest BCUT2D eigenvalue weighted by atomic mass is 10.2. The number of carbonyl (C=O) groups is 1. The van der Waals surface area contributed by atoms with Crippen molar-refractivity contribution in [1.29, 1.82) is 0 Å². The van der Waals surface area contributed by atoms with Gasteiger partial charge in [0.2, 0.25) is 0 Å². The molecule has 0 unspecified atom stereocenters. The zero-order valence-electron chi connectivity index (χ0n) is 14.2. The summed E-state index contributed by atoms with van der Waals surface area (Å²) < 4.78 is 21.0. The third-order valence-electron chi connectivity index (χ3n) is 3.66. The summed E-state index contributed by atoms with van der Waals surface area (Å²) >= 11 is 0. The first kappa shape index (κ1) is 16.8. The van der Waals surface area contributed by atoms with E-state index in [2.05, 4.69) is 10.3 Å². The maximum absolute atomic E-state index is 12.2. The summed E-state index contributed by atoms with van der Waals surface area (Å²) in [5, 5.41) is 7.67. The second-order valence-electron chi connectivity index (χ2n) is 5.62. The Morgan fingerprint density at radius 1 is 1.08 bits per heavy atom. The van der Waals surface area contributed by atoms with Crippen molar-refractivity contribution in [2.45, 2.75) is 34.0 Å². The zero-order valence-corrected chi connectivity index (χ0v) is 14.2. The van der Waals surface area contributed by atoms with Gasteiger partial charge < -0.3 is 18.5 Å². The van der Waals surface area contributed by atoms with Gasteiger partial charge in [-0.3, -0.25) is 0 Å². The Balaban J connectivity index is 1.61. The summed E-state index contributed by atoms with van der Waals surface area (Å²) in [6.07, 6.45) is 0. The van der Waals surface area contributed by atoms with Crippen LogP contribution in [0.2, 0.25) is 0 Å². The zero-order chi connectivity index (χ0) is 17.8. The van der Waals surface area contributed by atoms with Gasteiger partial charge in [0.15, 0.2) is 0 Å². The Bertz CT molecular complexity index is 862. The van der Waals surface area contributed by atoms with Crippen LogP contribution < -0.4 is 4.74 Å². The highest BCUT2D eigenvalue weighted by atomic mass is 16.5. The van der Waals surface area contributed by atoms with E-state index in [9.17, 15) is 4.79 Å². The molecule has 3 rings (SSSR count). The highest BCUT2D eigenvalue weighted by molar-refractivity contribution is 5.89. The molecule has 0 amide bonds. The molecule has 0 spiro atoms. The highest BCUT2D eigenvalue weighted by Crippen LogP contribution is 2.19. The Morgan fingerprint density at radius 2 is 1.92 bits per heavy atom. The van der Waals surface area contributed by atoms with Gasteiger partial charge in [-0.05, 0) is 39.0 Å². The first-order valence-electron chi connectivity index (χ1n) is 7.77. The SMILES string of the molecule is Cc1cc(COC(=O)c2cccc(OCc3c(C)noc3C)c2)no1. The number of aromatic nitrogens is 2. The van der Waals surface area contributed by atoms with E-state index in [1.54, 1.807) is 37.3 Å². The minimum atomic E-state index is -0.455. The summed E-state index contributed by atoms with van der Waals surface area (Å²) in [5.74, 6) is 1.49. The molecular formula is C18H18N2O5. The number of rotatable bonds is 6. The van der Waals surface area contributed by atoms with Gasteiger partial charge in [0, 0.05) is 6.07 Å². The van der Waals surface area contributed by atoms with Crippen LogP contribution in [-0.2, 0) is 18.0 Å². The molecule has 130 valence electrons. The van der Waals surface area contributed by atoms with E-state index < -0.39 is 5.97 Å². The van der Waals surface area contributed by atoms with Crippen molar-refractivity contribution in [1.82, 2.24) is 10.3 Å². The third-order valence-corrected chi connectivity index (χ3v) is 3.66. The summed E-state index contributed by atoms with van der Waals surface area (Å²) in [7, 11) is 0. The number of hydrogen-bond donors (Lipinski definition) is 0. The van der Waals surface area contributed by atoms with Crippen LogP contribution in [0.15, 0.2) is 39.4 Å². The van der Waals surface area contributed by atoms with Crippen LogP contribution in [0.4, 0.5) is 0 Å². The maximum atomic E-state index is 12.2. The number of aryl methyl sites for hydroxylation is 3. The van der Waals surface area contributed by atoms with Crippen LogP contribution in [-0.4, -0.2) is 16.3 Å². The smallest absolute Gasteiger partial charge is 0.338 e. The molecule has 7 heteroatoms. The average molecular weight is 342 g/mol. The van der Waals surface area contributed by atoms with Crippen LogP contribution in [0.1, 0.15) is 38.8 Å². The van der Waals surface area contributed by atoms with E-state index in [0.29, 0.717) is 29.4 Å². The lowest BCUT2D eigenvalue weighted by molar-refractivity contribution is 0.0463. The topological polar surface area (TPSA) is 87.6 Å². The van der Waals surface area contributed by atoms with E-state index in [-0.39, 0.29) is 6.61 Å². The van der Waals surface area contributed by atoms with Crippen LogP contribution >= 0.6 is 0 Å². The molecule has 1 aromatic carbocycles. The summed E-state index contributed by atoms with van der Waals surface area (Å²) in [6, 6.07) is 8.53. The number of esters is 1. The van der Waals surface area contributed by atoms with Gasteiger partial charge >= 0.3 is 5.97 Å². The fourth-order valence-corrected chi connectivity index (χ4v) is 2.29. The van der Waals surface area contributed by atoms with Gasteiger partial charge in [-0.1, -0.05) is 16.4 Å². The van der Waals surface area contributed by atoms with Crippen LogP contribution in [0.5, 0.6) is 5.75 Å². The molecule has 25 heavy (non-hydrogen) atoms. The third kappa shape index (κ3) is 4.06. The molecule has 0 radical (unpaired) electrons. The Kier molecular flexibility index (Phi) is 4.83. The summed E-state index contributed by atoms with van der Waals surface area (Å²) in [4.78, 5) is 12.2. The van der Waals surface area contributed by atoms with E-state index in [1.807, 2.05) is 13.8 Å². The van der Waals surface area contributed by atoms with Gasteiger partial charge in [-0.25, -0.2) is 4.79 Å². The van der Waals surface area contributed by atoms with E-state index >= 15 is 0 Å². The molecule has 0 atom stereocenters. The molecule has 3 aromatic rings. The molecule has 2 heterocycles. The molecule has 0 saturated carbocycles. The van der Waals surface area contributed by atoms with Crippen LogP contribution in [0.3, 0.4) is 0 Å². The molecule has 0 aliphatic heterocycles. The molecule has 0 aliphatic carbocycles. The van der Waals surface area contributed by atoms with Crippen molar-refractivity contribution in [2.24, 2.45) is 0 Å². The number of benzene rings is 1. The number of carbonyl (C=O) groups excluding carboxylic acids is 1. The molecule has 0 N–H and O–H groups in total. The maximum Gasteiger partial charge on any atom is 0.338 e. The molecular weight excluding hydrogens is 324 g/mol. The summed E-state index contributed by atoms with van der Waals surface area (Å²) in [5.41, 5.74) is 2.65. The average Bonchev–Trinajstić information content (AvgIpc) is 3.17. The minimum Gasteiger partial charge on any atom is -0.489 e. The Labute approximate surface area is 144 Å². The molecule has 7 nitrogen and oxygen atoms in total. The number of hydrogen-bond acceptors (Lipinski definition) is 7. The second kappa shape index (κ2) is 7.21. The van der Waals surface area contributed by atoms with Gasteiger partial charge in [-0.15, -0.1) is 0 Å². The fraction of sp³-hybridized carbons (Fsp3) is 0.278. The van der Waals surface area contributed by atoms with Crippen molar-refractivity contribution >= 4 is 5.97 Å². The van der Waals surface area contributed by atoms with Gasteiger partial charge in [0.05, 0.1) is 16.8 Å². The van der Waals surface area contributed by atoms with E-state index in [0.717, 1.165) is 17.0 Å². The van der Waals surface area contributed by atoms with E-state index in [4.69, 9.17) is 18.5 Å². The van der Waals surface area contributed by atoms with Gasteiger partial charge in [0.25, 0.3) is 0 Å². The Hall–Kier alpha value is -3.09. The first-order chi connectivity index (χ1) is 12.0. The van der Waals surface area contributed by atoms with Crippen molar-refractivity contribution in [2.75, 3.05) is 0 Å². The minimum absolute atomic E-state index is 0.0559.